The van der Waals surface area contributed by atoms with Crippen LogP contribution >= 0.6 is 0 Å². The third kappa shape index (κ3) is 2.84. The predicted molar refractivity (Wildman–Crippen MR) is 141 cm³/mol. The van der Waals surface area contributed by atoms with Crippen molar-refractivity contribution in [2.45, 2.75) is 71.9 Å². The molecule has 4 nitrogen and oxygen atoms in total. The second-order valence-corrected chi connectivity index (χ2v) is 11.5. The summed E-state index contributed by atoms with van der Waals surface area (Å²) in [5.41, 5.74) is 8.03. The highest BCUT2D eigenvalue weighted by molar-refractivity contribution is 5.84. The number of anilines is 3. The summed E-state index contributed by atoms with van der Waals surface area (Å²) in [5, 5.41) is 0. The Morgan fingerprint density at radius 2 is 1.62 bits per heavy atom. The van der Waals surface area contributed by atoms with Crippen molar-refractivity contribution in [2.24, 2.45) is 11.3 Å². The SMILES string of the molecule is CC(C)c1cccc(C(C)C)c1-c1ncc2c(n1)N(C)C1N2c2ccccc2C(C)C2CC21C. The number of nitrogens with zero attached hydrogens (tertiary/aromatic N) is 4. The van der Waals surface area contributed by atoms with E-state index in [4.69, 9.17) is 9.97 Å². The lowest BCUT2D eigenvalue weighted by molar-refractivity contribution is 0.387. The first-order valence-corrected chi connectivity index (χ1v) is 12.8. The molecule has 3 aliphatic rings. The molecule has 176 valence electrons. The molecule has 4 atom stereocenters. The molecule has 4 heteroatoms. The number of benzene rings is 2. The van der Waals surface area contributed by atoms with Gasteiger partial charge in [0.2, 0.25) is 0 Å². The second kappa shape index (κ2) is 7.31. The average molecular weight is 453 g/mol. The summed E-state index contributed by atoms with van der Waals surface area (Å²) < 4.78 is 0. The van der Waals surface area contributed by atoms with Crippen LogP contribution in [0.15, 0.2) is 48.7 Å². The first-order valence-electron chi connectivity index (χ1n) is 12.8. The molecule has 0 amide bonds. The van der Waals surface area contributed by atoms with Crippen molar-refractivity contribution in [3.63, 3.8) is 0 Å². The van der Waals surface area contributed by atoms with Crippen LogP contribution in [0.25, 0.3) is 11.4 Å². The van der Waals surface area contributed by atoms with Crippen LogP contribution in [0.1, 0.15) is 82.4 Å². The van der Waals surface area contributed by atoms with Gasteiger partial charge in [-0.3, -0.25) is 0 Å². The summed E-state index contributed by atoms with van der Waals surface area (Å²) >= 11 is 0. The zero-order valence-electron chi connectivity index (χ0n) is 21.5. The molecule has 6 rings (SSSR count). The minimum atomic E-state index is 0.243. The summed E-state index contributed by atoms with van der Waals surface area (Å²) in [5.74, 6) is 4.00. The van der Waals surface area contributed by atoms with Gasteiger partial charge in [0.05, 0.1) is 6.20 Å². The fourth-order valence-corrected chi connectivity index (χ4v) is 6.91. The molecule has 0 saturated heterocycles. The molecule has 4 unspecified atom stereocenters. The minimum Gasteiger partial charge on any atom is -0.337 e. The van der Waals surface area contributed by atoms with Gasteiger partial charge in [0, 0.05) is 23.7 Å². The van der Waals surface area contributed by atoms with E-state index < -0.39 is 0 Å². The maximum absolute atomic E-state index is 5.29. The van der Waals surface area contributed by atoms with Crippen molar-refractivity contribution in [1.82, 2.24) is 9.97 Å². The molecule has 34 heavy (non-hydrogen) atoms. The fourth-order valence-electron chi connectivity index (χ4n) is 6.91. The summed E-state index contributed by atoms with van der Waals surface area (Å²) in [6.07, 6.45) is 3.62. The topological polar surface area (TPSA) is 32.3 Å². The molecule has 1 aromatic heterocycles. The van der Waals surface area contributed by atoms with E-state index in [-0.39, 0.29) is 11.6 Å². The highest BCUT2D eigenvalue weighted by Gasteiger charge is 2.64. The van der Waals surface area contributed by atoms with E-state index >= 15 is 0 Å². The zero-order chi connectivity index (χ0) is 23.9. The van der Waals surface area contributed by atoms with Gasteiger partial charge in [-0.15, -0.1) is 0 Å². The standard InChI is InChI=1S/C30H36N4/c1-17(2)20-12-10-13-21(18(3)4)26(20)27-31-16-25-28(32-27)33(7)29-30(6)15-23(30)19(5)22-11-8-9-14-24(22)34(25)29/h8-14,16-19,23,29H,15H2,1-7H3. The van der Waals surface area contributed by atoms with Gasteiger partial charge in [-0.25, -0.2) is 9.97 Å². The first kappa shape index (κ1) is 21.6. The lowest BCUT2D eigenvalue weighted by atomic mass is 9.88. The van der Waals surface area contributed by atoms with E-state index in [1.165, 1.54) is 34.4 Å². The smallest absolute Gasteiger partial charge is 0.162 e. The molecule has 2 aliphatic heterocycles. The largest absolute Gasteiger partial charge is 0.337 e. The van der Waals surface area contributed by atoms with Crippen LogP contribution in [-0.4, -0.2) is 23.2 Å². The maximum Gasteiger partial charge on any atom is 0.162 e. The van der Waals surface area contributed by atoms with E-state index in [1.54, 1.807) is 0 Å². The number of aromatic nitrogens is 2. The van der Waals surface area contributed by atoms with E-state index in [2.05, 4.69) is 107 Å². The molecule has 1 fully saturated rings. The highest BCUT2D eigenvalue weighted by atomic mass is 15.5. The molecule has 0 bridgehead atoms. The Balaban J connectivity index is 1.55. The van der Waals surface area contributed by atoms with Crippen molar-refractivity contribution in [3.8, 4) is 11.4 Å². The van der Waals surface area contributed by atoms with Crippen LogP contribution in [0, 0.1) is 11.3 Å². The van der Waals surface area contributed by atoms with Crippen LogP contribution in [0.5, 0.6) is 0 Å². The van der Waals surface area contributed by atoms with Gasteiger partial charge in [0.1, 0.15) is 11.9 Å². The minimum absolute atomic E-state index is 0.243. The van der Waals surface area contributed by atoms with Crippen molar-refractivity contribution in [3.05, 3.63) is 65.4 Å². The zero-order valence-corrected chi connectivity index (χ0v) is 21.5. The van der Waals surface area contributed by atoms with Crippen LogP contribution in [-0.2, 0) is 0 Å². The van der Waals surface area contributed by atoms with Gasteiger partial charge >= 0.3 is 0 Å². The molecule has 0 spiro atoms. The third-order valence-corrected chi connectivity index (χ3v) is 8.78. The van der Waals surface area contributed by atoms with Gasteiger partial charge in [0.15, 0.2) is 11.6 Å². The Morgan fingerprint density at radius 3 is 2.29 bits per heavy atom. The van der Waals surface area contributed by atoms with Gasteiger partial charge in [-0.05, 0) is 52.8 Å². The van der Waals surface area contributed by atoms with Crippen LogP contribution in [0.2, 0.25) is 0 Å². The summed E-state index contributed by atoms with van der Waals surface area (Å²) in [4.78, 5) is 15.3. The number of para-hydroxylation sites is 1. The second-order valence-electron chi connectivity index (χ2n) is 11.5. The van der Waals surface area contributed by atoms with Crippen molar-refractivity contribution < 1.29 is 0 Å². The molecule has 1 aliphatic carbocycles. The number of fused-ring (bicyclic) bond motifs is 7. The summed E-state index contributed by atoms with van der Waals surface area (Å²) in [7, 11) is 2.23. The van der Waals surface area contributed by atoms with E-state index in [0.29, 0.717) is 23.7 Å². The molecule has 2 aromatic carbocycles. The number of hydrogen-bond acceptors (Lipinski definition) is 4. The van der Waals surface area contributed by atoms with Crippen molar-refractivity contribution >= 4 is 17.2 Å². The van der Waals surface area contributed by atoms with Crippen LogP contribution in [0.3, 0.4) is 0 Å². The van der Waals surface area contributed by atoms with Crippen LogP contribution in [0.4, 0.5) is 17.2 Å². The van der Waals surface area contributed by atoms with Gasteiger partial charge < -0.3 is 9.80 Å². The lowest BCUT2D eigenvalue weighted by Crippen LogP contribution is -2.45. The Kier molecular flexibility index (Phi) is 4.65. The Morgan fingerprint density at radius 1 is 0.941 bits per heavy atom. The van der Waals surface area contributed by atoms with E-state index in [1.807, 2.05) is 0 Å². The van der Waals surface area contributed by atoms with Gasteiger partial charge in [0.25, 0.3) is 0 Å². The Hall–Kier alpha value is -2.88. The Labute approximate surface area is 204 Å². The van der Waals surface area contributed by atoms with Crippen molar-refractivity contribution in [2.75, 3.05) is 16.8 Å². The Bertz CT molecular complexity index is 1250. The van der Waals surface area contributed by atoms with Crippen LogP contribution < -0.4 is 9.80 Å². The highest BCUT2D eigenvalue weighted by Crippen LogP contribution is 2.68. The monoisotopic (exact) mass is 452 g/mol. The van der Waals surface area contributed by atoms with E-state index in [9.17, 15) is 0 Å². The summed E-state index contributed by atoms with van der Waals surface area (Å²) in [6.45, 7) is 13.9. The third-order valence-electron chi connectivity index (χ3n) is 8.78. The maximum atomic E-state index is 5.29. The van der Waals surface area contributed by atoms with E-state index in [0.717, 1.165) is 17.3 Å². The average Bonchev–Trinajstić information content (AvgIpc) is 3.44. The summed E-state index contributed by atoms with van der Waals surface area (Å²) in [6, 6.07) is 15.6. The number of hydrogen-bond donors (Lipinski definition) is 0. The number of rotatable bonds is 3. The first-order chi connectivity index (χ1) is 16.2. The molecule has 0 radical (unpaired) electrons. The van der Waals surface area contributed by atoms with Gasteiger partial charge in [-0.1, -0.05) is 77.9 Å². The molecule has 1 saturated carbocycles. The normalized spacial score (nSPS) is 26.8. The molecule has 3 aromatic rings. The molecule has 3 heterocycles. The lowest BCUT2D eigenvalue weighted by Gasteiger charge is -2.35. The molecular formula is C30H36N4. The van der Waals surface area contributed by atoms with Crippen molar-refractivity contribution in [1.29, 1.82) is 0 Å². The quantitative estimate of drug-likeness (QED) is 0.413. The molecular weight excluding hydrogens is 416 g/mol. The molecule has 0 N–H and O–H groups in total. The van der Waals surface area contributed by atoms with Gasteiger partial charge in [-0.2, -0.15) is 0 Å². The predicted octanol–water partition coefficient (Wildman–Crippen LogP) is 7.45. The fraction of sp³-hybridized carbons (Fsp3) is 0.467.